The van der Waals surface area contributed by atoms with Gasteiger partial charge in [-0.25, -0.2) is 10.4 Å². The second-order valence-electron chi connectivity index (χ2n) is 5.60. The standard InChI is InChI=1S/C15H19N3O4/c1-17-13-11(14(20)18(15(13)21)7-8-22-2)12(16-17)9-3-5-10(19)6-4-9/h3-6,11-13,16,19H,7-8H2,1-2H3/t11-,12+,13-/m1/s1. The Labute approximate surface area is 128 Å². The number of hydrazine groups is 1. The molecule has 2 fully saturated rings. The third-order valence-corrected chi connectivity index (χ3v) is 4.30. The molecule has 0 radical (unpaired) electrons. The van der Waals surface area contributed by atoms with Crippen molar-refractivity contribution >= 4 is 11.8 Å². The summed E-state index contributed by atoms with van der Waals surface area (Å²) < 4.78 is 4.97. The van der Waals surface area contributed by atoms with Crippen LogP contribution in [0.1, 0.15) is 11.6 Å². The zero-order chi connectivity index (χ0) is 15.9. The van der Waals surface area contributed by atoms with E-state index in [2.05, 4.69) is 5.43 Å². The Morgan fingerprint density at radius 2 is 1.91 bits per heavy atom. The Kier molecular flexibility index (Phi) is 3.86. The molecule has 0 bridgehead atoms. The lowest BCUT2D eigenvalue weighted by Crippen LogP contribution is -2.43. The van der Waals surface area contributed by atoms with Crippen molar-refractivity contribution in [1.82, 2.24) is 15.3 Å². The van der Waals surface area contributed by atoms with Gasteiger partial charge in [-0.2, -0.15) is 0 Å². The van der Waals surface area contributed by atoms with Crippen LogP contribution in [0.15, 0.2) is 24.3 Å². The van der Waals surface area contributed by atoms with Gasteiger partial charge in [0.25, 0.3) is 0 Å². The molecule has 0 aliphatic carbocycles. The molecule has 7 nitrogen and oxygen atoms in total. The topological polar surface area (TPSA) is 82.1 Å². The molecule has 0 aromatic heterocycles. The number of benzene rings is 1. The maximum atomic E-state index is 12.6. The molecule has 1 aromatic rings. The number of phenolic OH excluding ortho intramolecular Hbond substituents is 1. The molecule has 1 aromatic carbocycles. The summed E-state index contributed by atoms with van der Waals surface area (Å²) in [6.45, 7) is 0.606. The number of carbonyl (C=O) groups excluding carboxylic acids is 2. The van der Waals surface area contributed by atoms with E-state index in [1.807, 2.05) is 0 Å². The Morgan fingerprint density at radius 1 is 1.23 bits per heavy atom. The van der Waals surface area contributed by atoms with Crippen molar-refractivity contribution in [3.63, 3.8) is 0 Å². The average Bonchev–Trinajstić information content (AvgIpc) is 2.96. The van der Waals surface area contributed by atoms with Crippen molar-refractivity contribution < 1.29 is 19.4 Å². The van der Waals surface area contributed by atoms with Gasteiger partial charge in [-0.3, -0.25) is 14.5 Å². The Bertz CT molecular complexity index is 589. The van der Waals surface area contributed by atoms with Gasteiger partial charge < -0.3 is 9.84 Å². The van der Waals surface area contributed by atoms with E-state index >= 15 is 0 Å². The number of hydrogen-bond acceptors (Lipinski definition) is 6. The lowest BCUT2D eigenvalue weighted by molar-refractivity contribution is -0.142. The van der Waals surface area contributed by atoms with Gasteiger partial charge in [0.15, 0.2) is 0 Å². The molecule has 0 saturated carbocycles. The van der Waals surface area contributed by atoms with E-state index in [0.29, 0.717) is 6.61 Å². The Balaban J connectivity index is 1.89. The molecule has 2 aliphatic rings. The molecule has 2 saturated heterocycles. The van der Waals surface area contributed by atoms with Crippen molar-refractivity contribution in [2.45, 2.75) is 12.1 Å². The van der Waals surface area contributed by atoms with Crippen molar-refractivity contribution in [2.75, 3.05) is 27.3 Å². The molecule has 22 heavy (non-hydrogen) atoms. The number of likely N-dealkylation sites (tertiary alicyclic amines) is 1. The zero-order valence-corrected chi connectivity index (χ0v) is 12.5. The van der Waals surface area contributed by atoms with Crippen LogP contribution in [0.25, 0.3) is 0 Å². The van der Waals surface area contributed by atoms with Crippen LogP contribution in [0.3, 0.4) is 0 Å². The molecule has 2 aliphatic heterocycles. The minimum Gasteiger partial charge on any atom is -0.508 e. The molecule has 3 rings (SSSR count). The first-order valence-electron chi connectivity index (χ1n) is 7.16. The smallest absolute Gasteiger partial charge is 0.248 e. The predicted octanol–water partition coefficient (Wildman–Crippen LogP) is -0.117. The molecule has 0 spiro atoms. The number of ether oxygens (including phenoxy) is 1. The largest absolute Gasteiger partial charge is 0.508 e. The van der Waals surface area contributed by atoms with Crippen LogP contribution in [0, 0.1) is 5.92 Å². The summed E-state index contributed by atoms with van der Waals surface area (Å²) in [7, 11) is 3.31. The normalized spacial score (nSPS) is 28.5. The molecule has 2 heterocycles. The number of fused-ring (bicyclic) bond motifs is 1. The monoisotopic (exact) mass is 305 g/mol. The van der Waals surface area contributed by atoms with Crippen LogP contribution in [0.4, 0.5) is 0 Å². The molecule has 118 valence electrons. The molecule has 3 atom stereocenters. The number of imide groups is 1. The van der Waals surface area contributed by atoms with Gasteiger partial charge in [-0.15, -0.1) is 0 Å². The summed E-state index contributed by atoms with van der Waals surface area (Å²) in [5, 5.41) is 11.1. The van der Waals surface area contributed by atoms with Crippen molar-refractivity contribution in [1.29, 1.82) is 0 Å². The lowest BCUT2D eigenvalue weighted by atomic mass is 9.91. The highest BCUT2D eigenvalue weighted by Crippen LogP contribution is 2.39. The third-order valence-electron chi connectivity index (χ3n) is 4.30. The summed E-state index contributed by atoms with van der Waals surface area (Å²) in [5.74, 6) is -0.661. The van der Waals surface area contributed by atoms with Crippen molar-refractivity contribution in [3.8, 4) is 5.75 Å². The van der Waals surface area contributed by atoms with E-state index < -0.39 is 12.0 Å². The number of nitrogens with one attached hydrogen (secondary N) is 1. The maximum absolute atomic E-state index is 12.6. The first-order chi connectivity index (χ1) is 10.5. The van der Waals surface area contributed by atoms with Crippen LogP contribution in [-0.4, -0.2) is 60.2 Å². The van der Waals surface area contributed by atoms with Crippen molar-refractivity contribution in [3.05, 3.63) is 29.8 Å². The molecular weight excluding hydrogens is 286 g/mol. The number of likely N-dealkylation sites (N-methyl/N-ethyl adjacent to an activating group) is 1. The maximum Gasteiger partial charge on any atom is 0.248 e. The van der Waals surface area contributed by atoms with E-state index in [9.17, 15) is 14.7 Å². The molecule has 2 amide bonds. The highest BCUT2D eigenvalue weighted by atomic mass is 16.5. The summed E-state index contributed by atoms with van der Waals surface area (Å²) in [5.41, 5.74) is 4.05. The summed E-state index contributed by atoms with van der Waals surface area (Å²) >= 11 is 0. The number of methoxy groups -OCH3 is 1. The summed E-state index contributed by atoms with van der Waals surface area (Å²) in [6.07, 6.45) is 0. The second-order valence-corrected chi connectivity index (χ2v) is 5.60. The van der Waals surface area contributed by atoms with Gasteiger partial charge in [-0.05, 0) is 17.7 Å². The molecule has 2 N–H and O–H groups in total. The molecule has 7 heteroatoms. The van der Waals surface area contributed by atoms with Gasteiger partial charge in [-0.1, -0.05) is 12.1 Å². The summed E-state index contributed by atoms with van der Waals surface area (Å²) in [6, 6.07) is 5.91. The number of nitrogens with zero attached hydrogens (tertiary/aromatic N) is 2. The minimum atomic E-state index is -0.497. The van der Waals surface area contributed by atoms with E-state index in [-0.39, 0.29) is 30.2 Å². The van der Waals surface area contributed by atoms with E-state index in [1.54, 1.807) is 43.4 Å². The third kappa shape index (κ3) is 2.27. The number of carbonyl (C=O) groups is 2. The van der Waals surface area contributed by atoms with Crippen LogP contribution in [0.5, 0.6) is 5.75 Å². The number of aromatic hydroxyl groups is 1. The van der Waals surface area contributed by atoms with Crippen LogP contribution < -0.4 is 5.43 Å². The van der Waals surface area contributed by atoms with Gasteiger partial charge in [0, 0.05) is 14.2 Å². The van der Waals surface area contributed by atoms with Gasteiger partial charge >= 0.3 is 0 Å². The zero-order valence-electron chi connectivity index (χ0n) is 12.5. The first kappa shape index (κ1) is 15.0. The summed E-state index contributed by atoms with van der Waals surface area (Å²) in [4.78, 5) is 26.4. The number of rotatable bonds is 4. The number of amides is 2. The minimum absolute atomic E-state index is 0.169. The van der Waals surface area contributed by atoms with E-state index in [4.69, 9.17) is 4.74 Å². The predicted molar refractivity (Wildman–Crippen MR) is 77.6 cm³/mol. The Morgan fingerprint density at radius 3 is 2.55 bits per heavy atom. The first-order valence-corrected chi connectivity index (χ1v) is 7.16. The van der Waals surface area contributed by atoms with Gasteiger partial charge in [0.2, 0.25) is 11.8 Å². The highest BCUT2D eigenvalue weighted by molar-refractivity contribution is 6.07. The second kappa shape index (κ2) is 5.68. The van der Waals surface area contributed by atoms with Crippen LogP contribution in [-0.2, 0) is 14.3 Å². The van der Waals surface area contributed by atoms with Gasteiger partial charge in [0.1, 0.15) is 11.8 Å². The fourth-order valence-electron chi connectivity index (χ4n) is 3.21. The average molecular weight is 305 g/mol. The number of phenols is 1. The van der Waals surface area contributed by atoms with Gasteiger partial charge in [0.05, 0.1) is 25.1 Å². The van der Waals surface area contributed by atoms with Crippen LogP contribution >= 0.6 is 0 Å². The van der Waals surface area contributed by atoms with Crippen molar-refractivity contribution in [2.24, 2.45) is 5.92 Å². The lowest BCUT2D eigenvalue weighted by Gasteiger charge is -2.22. The Hall–Kier alpha value is -1.96. The fourth-order valence-corrected chi connectivity index (χ4v) is 3.21. The van der Waals surface area contributed by atoms with E-state index in [0.717, 1.165) is 5.56 Å². The van der Waals surface area contributed by atoms with Crippen LogP contribution in [0.2, 0.25) is 0 Å². The fraction of sp³-hybridized carbons (Fsp3) is 0.467. The quantitative estimate of drug-likeness (QED) is 0.755. The molecular formula is C15H19N3O4. The SMILES string of the molecule is COCCN1C(=O)[C@@H]2[C@H](c3ccc(O)cc3)NN(C)[C@H]2C1=O. The van der Waals surface area contributed by atoms with E-state index in [1.165, 1.54) is 4.90 Å². The number of hydrogen-bond donors (Lipinski definition) is 2. The molecule has 0 unspecified atom stereocenters. The highest BCUT2D eigenvalue weighted by Gasteiger charge is 2.57.